The number of benzene rings is 2. The van der Waals surface area contributed by atoms with Crippen molar-refractivity contribution in [3.8, 4) is 0 Å². The Labute approximate surface area is 173 Å². The van der Waals surface area contributed by atoms with E-state index in [-0.39, 0.29) is 5.82 Å². The molecule has 0 saturated heterocycles. The molecule has 0 fully saturated rings. The highest BCUT2D eigenvalue weighted by Gasteiger charge is 2.21. The van der Waals surface area contributed by atoms with Gasteiger partial charge in [0.1, 0.15) is 22.3 Å². The fraction of sp³-hybridized carbons (Fsp3) is 0.250. The summed E-state index contributed by atoms with van der Waals surface area (Å²) in [4.78, 5) is 12.4. The first-order chi connectivity index (χ1) is 14.3. The van der Waals surface area contributed by atoms with Gasteiger partial charge in [-0.2, -0.15) is 0 Å². The molecule has 0 atom stereocenters. The van der Waals surface area contributed by atoms with Crippen LogP contribution in [0.15, 0.2) is 54.6 Å². The van der Waals surface area contributed by atoms with Crippen molar-refractivity contribution < 1.29 is 4.39 Å². The van der Waals surface area contributed by atoms with E-state index < -0.39 is 0 Å². The summed E-state index contributed by atoms with van der Waals surface area (Å²) in [7, 11) is 0. The SMILES string of the molecule is Fc1ccc(CNc2nc(Cc3ccccc3)nc3sc4c(c23)CCCC4)cc1. The van der Waals surface area contributed by atoms with Crippen LogP contribution >= 0.6 is 11.3 Å². The third kappa shape index (κ3) is 3.87. The van der Waals surface area contributed by atoms with E-state index in [4.69, 9.17) is 9.97 Å². The zero-order valence-electron chi connectivity index (χ0n) is 16.1. The van der Waals surface area contributed by atoms with Crippen LogP contribution in [0, 0.1) is 5.82 Å². The second-order valence-corrected chi connectivity index (χ2v) is 8.61. The molecular formula is C24H22FN3S. The fourth-order valence-corrected chi connectivity index (χ4v) is 5.26. The molecule has 5 rings (SSSR count). The molecule has 2 aromatic heterocycles. The first-order valence-corrected chi connectivity index (χ1v) is 10.9. The van der Waals surface area contributed by atoms with E-state index in [1.165, 1.54) is 46.4 Å². The van der Waals surface area contributed by atoms with E-state index in [2.05, 4.69) is 17.4 Å². The predicted octanol–water partition coefficient (Wildman–Crippen LogP) is 5.91. The van der Waals surface area contributed by atoms with E-state index >= 15 is 0 Å². The number of thiophene rings is 1. The Balaban J connectivity index is 1.53. The maximum Gasteiger partial charge on any atom is 0.139 e. The number of nitrogens with one attached hydrogen (secondary N) is 1. The molecule has 3 nitrogen and oxygen atoms in total. The molecule has 2 aromatic carbocycles. The van der Waals surface area contributed by atoms with Crippen molar-refractivity contribution in [2.45, 2.75) is 38.6 Å². The van der Waals surface area contributed by atoms with Crippen LogP contribution in [0.25, 0.3) is 10.2 Å². The summed E-state index contributed by atoms with van der Waals surface area (Å²) in [5.74, 6) is 1.53. The molecule has 2 heterocycles. The van der Waals surface area contributed by atoms with Crippen LogP contribution in [0.2, 0.25) is 0 Å². The molecule has 146 valence electrons. The lowest BCUT2D eigenvalue weighted by Gasteiger charge is -2.13. The van der Waals surface area contributed by atoms with Crippen molar-refractivity contribution in [1.29, 1.82) is 0 Å². The van der Waals surface area contributed by atoms with Gasteiger partial charge in [0.05, 0.1) is 5.39 Å². The molecule has 0 bridgehead atoms. The van der Waals surface area contributed by atoms with Crippen LogP contribution in [0.4, 0.5) is 10.2 Å². The van der Waals surface area contributed by atoms with Gasteiger partial charge >= 0.3 is 0 Å². The smallest absolute Gasteiger partial charge is 0.139 e. The van der Waals surface area contributed by atoms with Crippen LogP contribution in [0.1, 0.15) is 40.2 Å². The average molecular weight is 404 g/mol. The lowest BCUT2D eigenvalue weighted by Crippen LogP contribution is -2.07. The Morgan fingerprint density at radius 3 is 2.52 bits per heavy atom. The van der Waals surface area contributed by atoms with Crippen molar-refractivity contribution >= 4 is 27.4 Å². The minimum atomic E-state index is -0.213. The van der Waals surface area contributed by atoms with Crippen LogP contribution in [-0.4, -0.2) is 9.97 Å². The van der Waals surface area contributed by atoms with E-state index in [9.17, 15) is 4.39 Å². The van der Waals surface area contributed by atoms with Gasteiger partial charge in [-0.05, 0) is 54.5 Å². The van der Waals surface area contributed by atoms with E-state index in [1.54, 1.807) is 0 Å². The van der Waals surface area contributed by atoms with Gasteiger partial charge in [-0.3, -0.25) is 0 Å². The zero-order valence-corrected chi connectivity index (χ0v) is 16.9. The first kappa shape index (κ1) is 18.3. The molecule has 1 aliphatic carbocycles. The molecule has 0 radical (unpaired) electrons. The Hall–Kier alpha value is -2.79. The lowest BCUT2D eigenvalue weighted by atomic mass is 9.97. The normalized spacial score (nSPS) is 13.4. The third-order valence-corrected chi connectivity index (χ3v) is 6.62. The summed E-state index contributed by atoms with van der Waals surface area (Å²) in [5.41, 5.74) is 3.66. The fourth-order valence-electron chi connectivity index (χ4n) is 3.98. The summed E-state index contributed by atoms with van der Waals surface area (Å²) in [6.45, 7) is 0.613. The Morgan fingerprint density at radius 2 is 1.69 bits per heavy atom. The largest absolute Gasteiger partial charge is 0.365 e. The van der Waals surface area contributed by atoms with Gasteiger partial charge in [0, 0.05) is 17.8 Å². The number of fused-ring (bicyclic) bond motifs is 3. The lowest BCUT2D eigenvalue weighted by molar-refractivity contribution is 0.627. The van der Waals surface area contributed by atoms with Gasteiger partial charge in [-0.25, -0.2) is 14.4 Å². The standard InChI is InChI=1S/C24H22FN3S/c25-18-12-10-17(11-13-18)15-26-23-22-19-8-4-5-9-20(19)29-24(22)28-21(27-23)14-16-6-2-1-3-7-16/h1-3,6-7,10-13H,4-5,8-9,14-15H2,(H,26,27,28). The average Bonchev–Trinajstić information content (AvgIpc) is 3.12. The van der Waals surface area contributed by atoms with Crippen molar-refractivity contribution in [1.82, 2.24) is 9.97 Å². The Kier molecular flexibility index (Phi) is 4.98. The monoisotopic (exact) mass is 403 g/mol. The molecule has 0 spiro atoms. The highest BCUT2D eigenvalue weighted by Crippen LogP contribution is 2.38. The molecule has 5 heteroatoms. The van der Waals surface area contributed by atoms with Crippen LogP contribution in [0.3, 0.4) is 0 Å². The highest BCUT2D eigenvalue weighted by atomic mass is 32.1. The Bertz CT molecular complexity index is 1140. The van der Waals surface area contributed by atoms with Crippen LogP contribution in [0.5, 0.6) is 0 Å². The summed E-state index contributed by atoms with van der Waals surface area (Å²) in [5, 5.41) is 4.70. The van der Waals surface area contributed by atoms with Gasteiger partial charge in [-0.15, -0.1) is 11.3 Å². The van der Waals surface area contributed by atoms with Crippen LogP contribution in [-0.2, 0) is 25.8 Å². The van der Waals surface area contributed by atoms with Crippen molar-refractivity contribution in [3.05, 3.63) is 87.8 Å². The second kappa shape index (κ2) is 7.91. The maximum atomic E-state index is 13.2. The van der Waals surface area contributed by atoms with Crippen LogP contribution < -0.4 is 5.32 Å². The minimum Gasteiger partial charge on any atom is -0.365 e. The summed E-state index contributed by atoms with van der Waals surface area (Å²) in [6.07, 6.45) is 5.43. The maximum absolute atomic E-state index is 13.2. The number of hydrogen-bond acceptors (Lipinski definition) is 4. The van der Waals surface area contributed by atoms with Crippen molar-refractivity contribution in [2.75, 3.05) is 5.32 Å². The molecule has 29 heavy (non-hydrogen) atoms. The van der Waals surface area contributed by atoms with Gasteiger partial charge < -0.3 is 5.32 Å². The molecule has 0 unspecified atom stereocenters. The van der Waals surface area contributed by atoms with Gasteiger partial charge in [0.25, 0.3) is 0 Å². The number of hydrogen-bond donors (Lipinski definition) is 1. The topological polar surface area (TPSA) is 37.8 Å². The molecule has 0 saturated carbocycles. The van der Waals surface area contributed by atoms with E-state index in [0.717, 1.165) is 34.9 Å². The zero-order chi connectivity index (χ0) is 19.6. The van der Waals surface area contributed by atoms with E-state index in [0.29, 0.717) is 13.0 Å². The van der Waals surface area contributed by atoms with Gasteiger partial charge in [-0.1, -0.05) is 42.5 Å². The summed E-state index contributed by atoms with van der Waals surface area (Å²) >= 11 is 1.82. The van der Waals surface area contributed by atoms with E-state index in [1.807, 2.05) is 41.7 Å². The highest BCUT2D eigenvalue weighted by molar-refractivity contribution is 7.19. The number of anilines is 1. The third-order valence-electron chi connectivity index (χ3n) is 5.44. The summed E-state index contributed by atoms with van der Waals surface area (Å²) in [6, 6.07) is 17.0. The molecule has 0 amide bonds. The van der Waals surface area contributed by atoms with Gasteiger partial charge in [0.15, 0.2) is 0 Å². The quantitative estimate of drug-likeness (QED) is 0.450. The number of rotatable bonds is 5. The number of aromatic nitrogens is 2. The summed E-state index contributed by atoms with van der Waals surface area (Å²) < 4.78 is 13.2. The predicted molar refractivity (Wildman–Crippen MR) is 117 cm³/mol. The number of aryl methyl sites for hydroxylation is 2. The molecule has 1 N–H and O–H groups in total. The molecular weight excluding hydrogens is 381 g/mol. The van der Waals surface area contributed by atoms with Gasteiger partial charge in [0.2, 0.25) is 0 Å². The number of nitrogens with zero attached hydrogens (tertiary/aromatic N) is 2. The minimum absolute atomic E-state index is 0.213. The molecule has 1 aliphatic rings. The van der Waals surface area contributed by atoms with Crippen molar-refractivity contribution in [3.63, 3.8) is 0 Å². The number of halogens is 1. The second-order valence-electron chi connectivity index (χ2n) is 7.52. The Morgan fingerprint density at radius 1 is 0.897 bits per heavy atom. The molecule has 0 aliphatic heterocycles. The van der Waals surface area contributed by atoms with Crippen molar-refractivity contribution in [2.24, 2.45) is 0 Å². The first-order valence-electron chi connectivity index (χ1n) is 10.1. The molecule has 4 aromatic rings.